The number of esters is 1. The summed E-state index contributed by atoms with van der Waals surface area (Å²) < 4.78 is 32.2. The maximum Gasteiger partial charge on any atom is 0.309 e. The lowest BCUT2D eigenvalue weighted by Crippen LogP contribution is -2.36. The molecule has 130 valence electrons. The fraction of sp³-hybridized carbons (Fsp3) is 0.500. The van der Waals surface area contributed by atoms with E-state index in [0.717, 1.165) is 17.6 Å². The van der Waals surface area contributed by atoms with E-state index in [9.17, 15) is 13.2 Å². The van der Waals surface area contributed by atoms with Crippen LogP contribution >= 0.6 is 0 Å². The maximum absolute atomic E-state index is 12.8. The highest BCUT2D eigenvalue weighted by Crippen LogP contribution is 2.46. The van der Waals surface area contributed by atoms with Crippen molar-refractivity contribution in [2.45, 2.75) is 31.6 Å². The molecule has 1 heterocycles. The second-order valence-corrected chi connectivity index (χ2v) is 8.36. The van der Waals surface area contributed by atoms with E-state index in [1.54, 1.807) is 19.1 Å². The van der Waals surface area contributed by atoms with E-state index in [2.05, 4.69) is 6.08 Å². The second-order valence-electron chi connectivity index (χ2n) is 6.42. The zero-order valence-electron chi connectivity index (χ0n) is 14.1. The molecule has 1 fully saturated rings. The lowest BCUT2D eigenvalue weighted by atomic mass is 10.1. The van der Waals surface area contributed by atoms with Gasteiger partial charge in [-0.2, -0.15) is 4.31 Å². The van der Waals surface area contributed by atoms with Crippen LogP contribution in [0.2, 0.25) is 0 Å². The van der Waals surface area contributed by atoms with Crippen LogP contribution in [-0.4, -0.2) is 38.4 Å². The molecule has 0 aromatic heterocycles. The highest BCUT2D eigenvalue weighted by molar-refractivity contribution is 7.89. The first kappa shape index (κ1) is 17.2. The summed E-state index contributed by atoms with van der Waals surface area (Å²) in [6.45, 7) is 4.97. The molecule has 3 rings (SSSR count). The van der Waals surface area contributed by atoms with Crippen LogP contribution < -0.4 is 0 Å². The summed E-state index contributed by atoms with van der Waals surface area (Å²) in [4.78, 5) is 12.1. The van der Waals surface area contributed by atoms with E-state index in [4.69, 9.17) is 4.74 Å². The Morgan fingerprint density at radius 2 is 2.00 bits per heavy atom. The van der Waals surface area contributed by atoms with Crippen molar-refractivity contribution in [3.8, 4) is 0 Å². The molecule has 1 aliphatic heterocycles. The molecule has 1 saturated carbocycles. The summed E-state index contributed by atoms with van der Waals surface area (Å²) in [6, 6.07) is 6.93. The van der Waals surface area contributed by atoms with E-state index < -0.39 is 10.0 Å². The van der Waals surface area contributed by atoms with Gasteiger partial charge in [0.25, 0.3) is 0 Å². The van der Waals surface area contributed by atoms with Crippen LogP contribution in [0.25, 0.3) is 0 Å². The third-order valence-electron chi connectivity index (χ3n) is 4.66. The van der Waals surface area contributed by atoms with Crippen LogP contribution in [0.1, 0.15) is 25.3 Å². The number of hydrogen-bond donors (Lipinski definition) is 0. The summed E-state index contributed by atoms with van der Waals surface area (Å²) in [6.07, 6.45) is 3.54. The Morgan fingerprint density at radius 1 is 1.29 bits per heavy atom. The van der Waals surface area contributed by atoms with Gasteiger partial charge in [-0.3, -0.25) is 4.79 Å². The Labute approximate surface area is 143 Å². The minimum Gasteiger partial charge on any atom is -0.466 e. The zero-order chi connectivity index (χ0) is 17.3. The molecule has 6 heteroatoms. The van der Waals surface area contributed by atoms with Crippen molar-refractivity contribution in [1.29, 1.82) is 0 Å². The molecule has 1 aliphatic carbocycles. The first-order valence-electron chi connectivity index (χ1n) is 8.36. The second kappa shape index (κ2) is 6.69. The van der Waals surface area contributed by atoms with Gasteiger partial charge in [0.2, 0.25) is 10.0 Å². The summed E-state index contributed by atoms with van der Waals surface area (Å²) in [5, 5.41) is 0. The molecule has 2 aliphatic rings. The van der Waals surface area contributed by atoms with E-state index in [1.165, 1.54) is 4.31 Å². The number of carbonyl (C=O) groups excluding carboxylic acids is 1. The standard InChI is InChI=1S/C18H23NO4S/c1-3-23-18(20)17-11-16(17)14-5-4-10-19(12-14)24(21,22)15-8-6-13(2)7-9-15/h5-9,16-17H,3-4,10-12H2,1-2H3/t16-,17+/m0/s1. The Hall–Kier alpha value is -1.66. The average molecular weight is 349 g/mol. The highest BCUT2D eigenvalue weighted by atomic mass is 32.2. The van der Waals surface area contributed by atoms with Gasteiger partial charge >= 0.3 is 5.97 Å². The van der Waals surface area contributed by atoms with Gasteiger partial charge < -0.3 is 4.74 Å². The van der Waals surface area contributed by atoms with Gasteiger partial charge in [-0.05, 0) is 44.7 Å². The van der Waals surface area contributed by atoms with Gasteiger partial charge in [0, 0.05) is 13.1 Å². The van der Waals surface area contributed by atoms with Crippen molar-refractivity contribution < 1.29 is 17.9 Å². The number of benzene rings is 1. The number of rotatable bonds is 5. The van der Waals surface area contributed by atoms with Crippen molar-refractivity contribution in [2.24, 2.45) is 11.8 Å². The predicted molar refractivity (Wildman–Crippen MR) is 90.9 cm³/mol. The molecule has 0 N–H and O–H groups in total. The summed E-state index contributed by atoms with van der Waals surface area (Å²) in [5.74, 6) is -0.125. The number of nitrogens with zero attached hydrogens (tertiary/aromatic N) is 1. The molecule has 0 spiro atoms. The van der Waals surface area contributed by atoms with Crippen LogP contribution in [0.4, 0.5) is 0 Å². The first-order chi connectivity index (χ1) is 11.4. The van der Waals surface area contributed by atoms with E-state index in [-0.39, 0.29) is 17.8 Å². The van der Waals surface area contributed by atoms with Crippen molar-refractivity contribution in [3.63, 3.8) is 0 Å². The minimum atomic E-state index is -3.49. The molecule has 5 nitrogen and oxygen atoms in total. The van der Waals surface area contributed by atoms with Gasteiger partial charge in [0.05, 0.1) is 17.4 Å². The topological polar surface area (TPSA) is 63.7 Å². The highest BCUT2D eigenvalue weighted by Gasteiger charge is 2.47. The minimum absolute atomic E-state index is 0.0989. The summed E-state index contributed by atoms with van der Waals surface area (Å²) >= 11 is 0. The van der Waals surface area contributed by atoms with Gasteiger partial charge in [-0.25, -0.2) is 8.42 Å². The van der Waals surface area contributed by atoms with Gasteiger partial charge in [0.15, 0.2) is 0 Å². The van der Waals surface area contributed by atoms with Crippen LogP contribution in [0.15, 0.2) is 40.8 Å². The molecule has 2 atom stereocenters. The Morgan fingerprint density at radius 3 is 2.67 bits per heavy atom. The normalized spacial score (nSPS) is 24.3. The SMILES string of the molecule is CCOC(=O)[C@@H]1C[C@H]1C1=CCCN(S(=O)(=O)c2ccc(C)cc2)C1. The third-order valence-corrected chi connectivity index (χ3v) is 6.52. The fourth-order valence-corrected chi connectivity index (χ4v) is 4.63. The van der Waals surface area contributed by atoms with E-state index in [1.807, 2.05) is 19.1 Å². The molecular formula is C18H23NO4S. The molecule has 0 saturated heterocycles. The van der Waals surface area contributed by atoms with Crippen molar-refractivity contribution >= 4 is 16.0 Å². The smallest absolute Gasteiger partial charge is 0.309 e. The number of carbonyl (C=O) groups is 1. The third kappa shape index (κ3) is 3.39. The molecule has 0 bridgehead atoms. The monoisotopic (exact) mass is 349 g/mol. The summed E-state index contributed by atoms with van der Waals surface area (Å²) in [5.41, 5.74) is 2.08. The molecule has 0 amide bonds. The van der Waals surface area contributed by atoms with Gasteiger partial charge in [-0.15, -0.1) is 0 Å². The lowest BCUT2D eigenvalue weighted by molar-refractivity contribution is -0.144. The Bertz CT molecular complexity index is 752. The first-order valence-corrected chi connectivity index (χ1v) is 9.80. The van der Waals surface area contributed by atoms with Crippen LogP contribution in [0.3, 0.4) is 0 Å². The number of aryl methyl sites for hydroxylation is 1. The van der Waals surface area contributed by atoms with Gasteiger partial charge in [-0.1, -0.05) is 29.3 Å². The van der Waals surface area contributed by atoms with Crippen LogP contribution in [0.5, 0.6) is 0 Å². The molecule has 1 aromatic rings. The zero-order valence-corrected chi connectivity index (χ0v) is 14.9. The molecule has 0 unspecified atom stereocenters. The Kier molecular flexibility index (Phi) is 4.78. The molecule has 0 radical (unpaired) electrons. The molecule has 24 heavy (non-hydrogen) atoms. The summed E-state index contributed by atoms with van der Waals surface area (Å²) in [7, 11) is -3.49. The number of ether oxygens (including phenoxy) is 1. The van der Waals surface area contributed by atoms with E-state index >= 15 is 0 Å². The average Bonchev–Trinajstić information content (AvgIpc) is 3.36. The van der Waals surface area contributed by atoms with E-state index in [0.29, 0.717) is 31.0 Å². The largest absolute Gasteiger partial charge is 0.466 e. The fourth-order valence-electron chi connectivity index (χ4n) is 3.19. The van der Waals surface area contributed by atoms with Gasteiger partial charge in [0.1, 0.15) is 0 Å². The lowest BCUT2D eigenvalue weighted by Gasteiger charge is -2.27. The van der Waals surface area contributed by atoms with Crippen molar-refractivity contribution in [3.05, 3.63) is 41.5 Å². The van der Waals surface area contributed by atoms with Crippen LogP contribution in [0, 0.1) is 18.8 Å². The van der Waals surface area contributed by atoms with Crippen molar-refractivity contribution in [1.82, 2.24) is 4.31 Å². The number of hydrogen-bond acceptors (Lipinski definition) is 4. The molecular weight excluding hydrogens is 326 g/mol. The maximum atomic E-state index is 12.8. The Balaban J connectivity index is 1.70. The molecule has 1 aromatic carbocycles. The number of sulfonamides is 1. The van der Waals surface area contributed by atoms with Crippen molar-refractivity contribution in [2.75, 3.05) is 19.7 Å². The van der Waals surface area contributed by atoms with Crippen LogP contribution in [-0.2, 0) is 19.6 Å². The quantitative estimate of drug-likeness (QED) is 0.605. The predicted octanol–water partition coefficient (Wildman–Crippen LogP) is 2.52.